The Balaban J connectivity index is 2.75. The van der Waals surface area contributed by atoms with Gasteiger partial charge in [-0.25, -0.2) is 8.78 Å². The molecule has 0 spiro atoms. The first-order valence-electron chi connectivity index (χ1n) is 5.82. The first-order valence-corrected chi connectivity index (χ1v) is 6.94. The van der Waals surface area contributed by atoms with E-state index in [4.69, 9.17) is 4.74 Å². The SMILES string of the molecule is COc1ccccc1CC(=O)N(CCBr)CC(F)F. The minimum absolute atomic E-state index is 0.0593. The number of hydrogen-bond acceptors (Lipinski definition) is 2. The zero-order valence-corrected chi connectivity index (χ0v) is 12.2. The van der Waals surface area contributed by atoms with Gasteiger partial charge in [0.2, 0.25) is 5.91 Å². The van der Waals surface area contributed by atoms with Gasteiger partial charge in [-0.05, 0) is 6.07 Å². The number of rotatable bonds is 7. The quantitative estimate of drug-likeness (QED) is 0.717. The summed E-state index contributed by atoms with van der Waals surface area (Å²) in [5.41, 5.74) is 0.698. The molecule has 0 N–H and O–H groups in total. The van der Waals surface area contributed by atoms with Crippen molar-refractivity contribution in [1.82, 2.24) is 4.90 Å². The van der Waals surface area contributed by atoms with E-state index in [-0.39, 0.29) is 18.9 Å². The second-order valence-electron chi connectivity index (χ2n) is 3.91. The summed E-state index contributed by atoms with van der Waals surface area (Å²) in [4.78, 5) is 13.2. The van der Waals surface area contributed by atoms with Crippen molar-refractivity contribution in [3.05, 3.63) is 29.8 Å². The predicted octanol–water partition coefficient (Wildman–Crippen LogP) is 2.73. The smallest absolute Gasteiger partial charge is 0.255 e. The summed E-state index contributed by atoms with van der Waals surface area (Å²) in [5, 5.41) is 0.470. The van der Waals surface area contributed by atoms with Crippen LogP contribution < -0.4 is 4.74 Å². The van der Waals surface area contributed by atoms with Crippen molar-refractivity contribution in [2.75, 3.05) is 25.5 Å². The number of amides is 1. The first kappa shape index (κ1) is 15.9. The molecule has 0 unspecified atom stereocenters. The monoisotopic (exact) mass is 335 g/mol. The van der Waals surface area contributed by atoms with Gasteiger partial charge >= 0.3 is 0 Å². The molecule has 1 rings (SSSR count). The van der Waals surface area contributed by atoms with Gasteiger partial charge in [-0.3, -0.25) is 4.79 Å². The number of carbonyl (C=O) groups excluding carboxylic acids is 1. The lowest BCUT2D eigenvalue weighted by Crippen LogP contribution is -2.37. The summed E-state index contributed by atoms with van der Waals surface area (Å²) in [5.74, 6) is 0.260. The molecule has 0 aliphatic rings. The zero-order valence-electron chi connectivity index (χ0n) is 10.6. The van der Waals surface area contributed by atoms with Crippen molar-refractivity contribution in [3.63, 3.8) is 0 Å². The molecule has 1 amide bonds. The van der Waals surface area contributed by atoms with Gasteiger partial charge in [0.15, 0.2) is 0 Å². The lowest BCUT2D eigenvalue weighted by atomic mass is 10.1. The molecule has 0 saturated carbocycles. The van der Waals surface area contributed by atoms with Crippen molar-refractivity contribution in [2.45, 2.75) is 12.8 Å². The van der Waals surface area contributed by atoms with E-state index in [1.54, 1.807) is 24.3 Å². The van der Waals surface area contributed by atoms with Crippen LogP contribution in [-0.2, 0) is 11.2 Å². The molecule has 106 valence electrons. The third kappa shape index (κ3) is 5.14. The van der Waals surface area contributed by atoms with Crippen LogP contribution in [0.1, 0.15) is 5.56 Å². The number of hydrogen-bond donors (Lipinski definition) is 0. The number of nitrogens with zero attached hydrogens (tertiary/aromatic N) is 1. The molecule has 0 bridgehead atoms. The van der Waals surface area contributed by atoms with E-state index in [0.717, 1.165) is 4.90 Å². The van der Waals surface area contributed by atoms with Gasteiger partial charge in [0.05, 0.1) is 20.1 Å². The van der Waals surface area contributed by atoms with Crippen LogP contribution in [0.25, 0.3) is 0 Å². The van der Waals surface area contributed by atoms with Crippen LogP contribution in [0.2, 0.25) is 0 Å². The highest BCUT2D eigenvalue weighted by molar-refractivity contribution is 9.09. The largest absolute Gasteiger partial charge is 0.496 e. The molecule has 0 aromatic heterocycles. The standard InChI is InChI=1S/C13H16BrF2NO2/c1-19-11-5-3-2-4-10(11)8-13(18)17(7-6-14)9-12(15)16/h2-5,12H,6-9H2,1H3. The van der Waals surface area contributed by atoms with Crippen LogP contribution in [0, 0.1) is 0 Å². The molecule has 0 fully saturated rings. The van der Waals surface area contributed by atoms with Gasteiger partial charge in [0, 0.05) is 17.4 Å². The van der Waals surface area contributed by atoms with E-state index in [1.807, 2.05) is 0 Å². The van der Waals surface area contributed by atoms with Crippen molar-refractivity contribution in [1.29, 1.82) is 0 Å². The molecular weight excluding hydrogens is 320 g/mol. The van der Waals surface area contributed by atoms with Crippen LogP contribution in [0.4, 0.5) is 8.78 Å². The number of para-hydroxylation sites is 1. The summed E-state index contributed by atoms with van der Waals surface area (Å²) >= 11 is 3.16. The maximum Gasteiger partial charge on any atom is 0.255 e. The Morgan fingerprint density at radius 3 is 2.68 bits per heavy atom. The lowest BCUT2D eigenvalue weighted by molar-refractivity contribution is -0.132. The number of methoxy groups -OCH3 is 1. The van der Waals surface area contributed by atoms with E-state index in [2.05, 4.69) is 15.9 Å². The molecular formula is C13H16BrF2NO2. The maximum atomic E-state index is 12.4. The fraction of sp³-hybridized carbons (Fsp3) is 0.462. The third-order valence-electron chi connectivity index (χ3n) is 2.60. The molecule has 0 heterocycles. The van der Waals surface area contributed by atoms with Crippen molar-refractivity contribution >= 4 is 21.8 Å². The zero-order chi connectivity index (χ0) is 14.3. The molecule has 1 aromatic carbocycles. The summed E-state index contributed by atoms with van der Waals surface area (Å²) in [6.45, 7) is -0.280. The molecule has 0 atom stereocenters. The summed E-state index contributed by atoms with van der Waals surface area (Å²) < 4.78 is 30.0. The van der Waals surface area contributed by atoms with E-state index < -0.39 is 13.0 Å². The Labute approximate surface area is 119 Å². The van der Waals surface area contributed by atoms with Crippen LogP contribution >= 0.6 is 15.9 Å². The first-order chi connectivity index (χ1) is 9.08. The van der Waals surface area contributed by atoms with Crippen LogP contribution in [0.5, 0.6) is 5.75 Å². The Bertz CT molecular complexity index is 415. The van der Waals surface area contributed by atoms with Gasteiger partial charge in [-0.2, -0.15) is 0 Å². The Kier molecular flexibility index (Phi) is 6.77. The van der Waals surface area contributed by atoms with Crippen molar-refractivity contribution < 1.29 is 18.3 Å². The highest BCUT2D eigenvalue weighted by atomic mass is 79.9. The minimum atomic E-state index is -2.53. The van der Waals surface area contributed by atoms with Gasteiger partial charge in [0.25, 0.3) is 6.43 Å². The number of halogens is 3. The van der Waals surface area contributed by atoms with E-state index >= 15 is 0 Å². The highest BCUT2D eigenvalue weighted by Gasteiger charge is 2.19. The highest BCUT2D eigenvalue weighted by Crippen LogP contribution is 2.18. The molecule has 3 nitrogen and oxygen atoms in total. The normalized spacial score (nSPS) is 10.6. The van der Waals surface area contributed by atoms with Gasteiger partial charge in [-0.15, -0.1) is 0 Å². The van der Waals surface area contributed by atoms with Crippen molar-refractivity contribution in [2.24, 2.45) is 0 Å². The average molecular weight is 336 g/mol. The second-order valence-corrected chi connectivity index (χ2v) is 4.70. The Hall–Kier alpha value is -1.17. The molecule has 19 heavy (non-hydrogen) atoms. The summed E-state index contributed by atoms with van der Waals surface area (Å²) in [7, 11) is 1.51. The lowest BCUT2D eigenvalue weighted by Gasteiger charge is -2.21. The van der Waals surface area contributed by atoms with E-state index in [9.17, 15) is 13.6 Å². The van der Waals surface area contributed by atoms with Crippen LogP contribution in [0.15, 0.2) is 24.3 Å². The molecule has 1 aromatic rings. The Morgan fingerprint density at radius 1 is 1.42 bits per heavy atom. The van der Waals surface area contributed by atoms with Crippen molar-refractivity contribution in [3.8, 4) is 5.75 Å². The van der Waals surface area contributed by atoms with E-state index in [0.29, 0.717) is 16.6 Å². The number of ether oxygens (including phenoxy) is 1. The predicted molar refractivity (Wildman–Crippen MR) is 73.1 cm³/mol. The van der Waals surface area contributed by atoms with Crippen LogP contribution in [-0.4, -0.2) is 42.8 Å². The average Bonchev–Trinajstić information content (AvgIpc) is 2.38. The fourth-order valence-corrected chi connectivity index (χ4v) is 2.14. The molecule has 0 saturated heterocycles. The number of benzene rings is 1. The molecule has 6 heteroatoms. The van der Waals surface area contributed by atoms with Gasteiger partial charge in [-0.1, -0.05) is 34.1 Å². The van der Waals surface area contributed by atoms with Gasteiger partial charge in [0.1, 0.15) is 5.75 Å². The van der Waals surface area contributed by atoms with Gasteiger partial charge < -0.3 is 9.64 Å². The summed E-state index contributed by atoms with van der Waals surface area (Å²) in [6, 6.07) is 7.07. The van der Waals surface area contributed by atoms with Crippen LogP contribution in [0.3, 0.4) is 0 Å². The fourth-order valence-electron chi connectivity index (χ4n) is 1.71. The maximum absolute atomic E-state index is 12.4. The molecule has 0 aliphatic carbocycles. The summed E-state index contributed by atoms with van der Waals surface area (Å²) in [6.07, 6.45) is -2.47. The number of alkyl halides is 3. The molecule has 0 radical (unpaired) electrons. The third-order valence-corrected chi connectivity index (χ3v) is 2.95. The topological polar surface area (TPSA) is 29.5 Å². The second kappa shape index (κ2) is 8.09. The molecule has 0 aliphatic heterocycles. The Morgan fingerprint density at radius 2 is 2.11 bits per heavy atom. The van der Waals surface area contributed by atoms with E-state index in [1.165, 1.54) is 7.11 Å². The number of carbonyl (C=O) groups is 1. The minimum Gasteiger partial charge on any atom is -0.496 e.